The van der Waals surface area contributed by atoms with Crippen LogP contribution in [0.2, 0.25) is 0 Å². The summed E-state index contributed by atoms with van der Waals surface area (Å²) >= 11 is 0. The van der Waals surface area contributed by atoms with Crippen LogP contribution >= 0.6 is 0 Å². The summed E-state index contributed by atoms with van der Waals surface area (Å²) in [6, 6.07) is 17.0. The van der Waals surface area contributed by atoms with Gasteiger partial charge in [0.05, 0.1) is 6.26 Å². The molecule has 3 rings (SSSR count). The van der Waals surface area contributed by atoms with E-state index in [4.69, 9.17) is 4.42 Å². The average Bonchev–Trinajstić information content (AvgIpc) is 3.06. The van der Waals surface area contributed by atoms with Gasteiger partial charge in [-0.05, 0) is 55.3 Å². The number of nitrogens with one attached hydrogen (secondary N) is 1. The maximum absolute atomic E-state index is 12.5. The zero-order valence-corrected chi connectivity index (χ0v) is 12.6. The first-order chi connectivity index (χ1) is 10.6. The molecule has 110 valence electrons. The second kappa shape index (κ2) is 5.90. The van der Waals surface area contributed by atoms with Gasteiger partial charge in [0.1, 0.15) is 5.76 Å². The highest BCUT2D eigenvalue weighted by atomic mass is 16.3. The predicted octanol–water partition coefficient (Wildman–Crippen LogP) is 4.82. The summed E-state index contributed by atoms with van der Waals surface area (Å²) in [4.78, 5) is 12.5. The number of aryl methyl sites for hydroxylation is 1. The highest BCUT2D eigenvalue weighted by molar-refractivity contribution is 6.05. The van der Waals surface area contributed by atoms with Crippen molar-refractivity contribution in [1.29, 1.82) is 0 Å². The third kappa shape index (κ3) is 2.79. The molecule has 2 aromatic carbocycles. The lowest BCUT2D eigenvalue weighted by Crippen LogP contribution is -2.13. The van der Waals surface area contributed by atoms with Crippen molar-refractivity contribution in [1.82, 2.24) is 0 Å². The molecular formula is C19H17NO2. The molecule has 3 nitrogen and oxygen atoms in total. The number of furan rings is 1. The second-order valence-electron chi connectivity index (χ2n) is 5.26. The van der Waals surface area contributed by atoms with Gasteiger partial charge in [-0.15, -0.1) is 0 Å². The van der Waals surface area contributed by atoms with Gasteiger partial charge in [-0.2, -0.15) is 0 Å². The van der Waals surface area contributed by atoms with Crippen LogP contribution in [0.25, 0.3) is 11.3 Å². The van der Waals surface area contributed by atoms with Crippen molar-refractivity contribution in [2.75, 3.05) is 5.32 Å². The Balaban J connectivity index is 1.87. The van der Waals surface area contributed by atoms with Crippen LogP contribution in [0.4, 0.5) is 5.69 Å². The van der Waals surface area contributed by atoms with Crippen molar-refractivity contribution in [2.45, 2.75) is 13.8 Å². The average molecular weight is 291 g/mol. The van der Waals surface area contributed by atoms with Crippen molar-refractivity contribution in [3.05, 3.63) is 77.6 Å². The lowest BCUT2D eigenvalue weighted by Gasteiger charge is -2.10. The first kappa shape index (κ1) is 14.1. The minimum atomic E-state index is -0.123. The molecule has 0 aliphatic heterocycles. The first-order valence-electron chi connectivity index (χ1n) is 7.16. The zero-order valence-electron chi connectivity index (χ0n) is 12.6. The molecule has 0 fully saturated rings. The Kier molecular flexibility index (Phi) is 3.79. The second-order valence-corrected chi connectivity index (χ2v) is 5.26. The van der Waals surface area contributed by atoms with Crippen LogP contribution in [0.15, 0.2) is 65.3 Å². The van der Waals surface area contributed by atoms with Crippen LogP contribution < -0.4 is 5.32 Å². The van der Waals surface area contributed by atoms with E-state index in [1.54, 1.807) is 12.3 Å². The number of amides is 1. The number of hydrogen-bond donors (Lipinski definition) is 1. The molecule has 3 heteroatoms. The summed E-state index contributed by atoms with van der Waals surface area (Å²) < 4.78 is 5.38. The summed E-state index contributed by atoms with van der Waals surface area (Å²) in [6.45, 7) is 4.03. The summed E-state index contributed by atoms with van der Waals surface area (Å²) in [5.74, 6) is 0.628. The minimum absolute atomic E-state index is 0.123. The Morgan fingerprint density at radius 2 is 1.82 bits per heavy atom. The molecule has 0 spiro atoms. The van der Waals surface area contributed by atoms with E-state index in [0.717, 1.165) is 28.1 Å². The molecule has 1 amide bonds. The number of carbonyl (C=O) groups excluding carboxylic acids is 1. The number of carbonyl (C=O) groups is 1. The summed E-state index contributed by atoms with van der Waals surface area (Å²) in [6.07, 6.45) is 1.62. The molecule has 0 saturated carbocycles. The SMILES string of the molecule is Cc1cccc(NC(=O)c2cccc(-c3ccco3)c2)c1C. The van der Waals surface area contributed by atoms with Gasteiger partial charge in [-0.1, -0.05) is 24.3 Å². The van der Waals surface area contributed by atoms with E-state index >= 15 is 0 Å². The third-order valence-corrected chi connectivity index (χ3v) is 3.78. The topological polar surface area (TPSA) is 42.2 Å². The first-order valence-corrected chi connectivity index (χ1v) is 7.16. The smallest absolute Gasteiger partial charge is 0.255 e. The normalized spacial score (nSPS) is 10.5. The quantitative estimate of drug-likeness (QED) is 0.752. The Morgan fingerprint density at radius 1 is 1.00 bits per heavy atom. The lowest BCUT2D eigenvalue weighted by molar-refractivity contribution is 0.102. The molecule has 1 N–H and O–H groups in total. The molecule has 0 saturated heterocycles. The molecule has 1 heterocycles. The van der Waals surface area contributed by atoms with E-state index in [9.17, 15) is 4.79 Å². The van der Waals surface area contributed by atoms with Gasteiger partial charge in [-0.3, -0.25) is 4.79 Å². The van der Waals surface area contributed by atoms with Gasteiger partial charge in [0.15, 0.2) is 0 Å². The van der Waals surface area contributed by atoms with Gasteiger partial charge in [-0.25, -0.2) is 0 Å². The number of benzene rings is 2. The highest BCUT2D eigenvalue weighted by Gasteiger charge is 2.10. The zero-order chi connectivity index (χ0) is 15.5. The molecule has 22 heavy (non-hydrogen) atoms. The van der Waals surface area contributed by atoms with Crippen LogP contribution in [0.5, 0.6) is 0 Å². The largest absolute Gasteiger partial charge is 0.464 e. The van der Waals surface area contributed by atoms with Crippen molar-refractivity contribution < 1.29 is 9.21 Å². The number of anilines is 1. The molecule has 0 radical (unpaired) electrons. The van der Waals surface area contributed by atoms with Crippen molar-refractivity contribution in [3.63, 3.8) is 0 Å². The van der Waals surface area contributed by atoms with E-state index in [1.165, 1.54) is 0 Å². The summed E-state index contributed by atoms with van der Waals surface area (Å²) in [5.41, 5.74) is 4.57. The fourth-order valence-corrected chi connectivity index (χ4v) is 2.34. The molecule has 0 aliphatic carbocycles. The van der Waals surface area contributed by atoms with Crippen molar-refractivity contribution in [2.24, 2.45) is 0 Å². The lowest BCUT2D eigenvalue weighted by atomic mass is 10.1. The van der Waals surface area contributed by atoms with E-state index in [-0.39, 0.29) is 5.91 Å². The maximum atomic E-state index is 12.5. The van der Waals surface area contributed by atoms with Crippen LogP contribution in [0.3, 0.4) is 0 Å². The fraction of sp³-hybridized carbons (Fsp3) is 0.105. The summed E-state index contributed by atoms with van der Waals surface area (Å²) in [5, 5.41) is 2.97. The number of hydrogen-bond acceptors (Lipinski definition) is 2. The van der Waals surface area contributed by atoms with E-state index in [1.807, 2.05) is 62.4 Å². The molecule has 0 atom stereocenters. The van der Waals surface area contributed by atoms with Gasteiger partial charge >= 0.3 is 0 Å². The molecule has 1 aromatic heterocycles. The van der Waals surface area contributed by atoms with E-state index in [2.05, 4.69) is 5.32 Å². The van der Waals surface area contributed by atoms with Crippen molar-refractivity contribution >= 4 is 11.6 Å². The van der Waals surface area contributed by atoms with Crippen molar-refractivity contribution in [3.8, 4) is 11.3 Å². The Hall–Kier alpha value is -2.81. The molecule has 0 bridgehead atoms. The monoisotopic (exact) mass is 291 g/mol. The Morgan fingerprint density at radius 3 is 2.59 bits per heavy atom. The molecule has 3 aromatic rings. The fourth-order valence-electron chi connectivity index (χ4n) is 2.34. The molecule has 0 unspecified atom stereocenters. The van der Waals surface area contributed by atoms with Gasteiger partial charge < -0.3 is 9.73 Å². The Labute approximate surface area is 129 Å². The van der Waals surface area contributed by atoms with Crippen LogP contribution in [-0.2, 0) is 0 Å². The minimum Gasteiger partial charge on any atom is -0.464 e. The van der Waals surface area contributed by atoms with Crippen LogP contribution in [0, 0.1) is 13.8 Å². The maximum Gasteiger partial charge on any atom is 0.255 e. The van der Waals surface area contributed by atoms with Crippen LogP contribution in [0.1, 0.15) is 21.5 Å². The molecular weight excluding hydrogens is 274 g/mol. The standard InChI is InChI=1S/C19H17NO2/c1-13-6-3-9-17(14(13)2)20-19(21)16-8-4-7-15(12-16)18-10-5-11-22-18/h3-12H,1-2H3,(H,20,21). The molecule has 0 aliphatic rings. The third-order valence-electron chi connectivity index (χ3n) is 3.78. The Bertz CT molecular complexity index is 804. The summed E-state index contributed by atoms with van der Waals surface area (Å²) in [7, 11) is 0. The van der Waals surface area contributed by atoms with Gasteiger partial charge in [0, 0.05) is 16.8 Å². The van der Waals surface area contributed by atoms with E-state index in [0.29, 0.717) is 5.56 Å². The van der Waals surface area contributed by atoms with Gasteiger partial charge in [0.25, 0.3) is 5.91 Å². The van der Waals surface area contributed by atoms with Gasteiger partial charge in [0.2, 0.25) is 0 Å². The van der Waals surface area contributed by atoms with Crippen LogP contribution in [-0.4, -0.2) is 5.91 Å². The van der Waals surface area contributed by atoms with E-state index < -0.39 is 0 Å². The number of rotatable bonds is 3. The predicted molar refractivity (Wildman–Crippen MR) is 88.0 cm³/mol. The highest BCUT2D eigenvalue weighted by Crippen LogP contribution is 2.22.